The molecule has 0 amide bonds. The van der Waals surface area contributed by atoms with E-state index in [0.717, 1.165) is 29.5 Å². The van der Waals surface area contributed by atoms with Crippen molar-refractivity contribution in [3.8, 4) is 0 Å². The van der Waals surface area contributed by atoms with Crippen LogP contribution in [0.2, 0.25) is 0 Å². The van der Waals surface area contributed by atoms with E-state index in [0.29, 0.717) is 36.4 Å². The summed E-state index contributed by atoms with van der Waals surface area (Å²) in [7, 11) is 0. The summed E-state index contributed by atoms with van der Waals surface area (Å²) in [5, 5.41) is 0.989. The van der Waals surface area contributed by atoms with Gasteiger partial charge in [0.15, 0.2) is 5.16 Å². The number of carbonyl (C=O) groups excluding carboxylic acids is 1. The molecule has 5 rings (SSSR count). The predicted octanol–water partition coefficient (Wildman–Crippen LogP) is 3.63. The minimum Gasteiger partial charge on any atom is -0.467 e. The first kappa shape index (κ1) is 18.0. The quantitative estimate of drug-likeness (QED) is 0.478. The van der Waals surface area contributed by atoms with Crippen LogP contribution < -0.4 is 5.56 Å². The van der Waals surface area contributed by atoms with Crippen molar-refractivity contribution in [2.24, 2.45) is 5.92 Å². The minimum absolute atomic E-state index is 0.0395. The molecule has 0 unspecified atom stereocenters. The summed E-state index contributed by atoms with van der Waals surface area (Å²) in [6.45, 7) is 2.98. The van der Waals surface area contributed by atoms with E-state index in [1.54, 1.807) is 28.2 Å². The number of aromatic nitrogens is 2. The number of hydrogen-bond acceptors (Lipinski definition) is 7. The van der Waals surface area contributed by atoms with Crippen molar-refractivity contribution in [1.29, 1.82) is 0 Å². The maximum absolute atomic E-state index is 13.5. The van der Waals surface area contributed by atoms with Crippen LogP contribution in [0, 0.1) is 5.92 Å². The lowest BCUT2D eigenvalue weighted by molar-refractivity contribution is -0.137. The Morgan fingerprint density at radius 3 is 3.00 bits per heavy atom. The number of furan rings is 1. The van der Waals surface area contributed by atoms with Gasteiger partial charge in [-0.05, 0) is 42.9 Å². The Labute approximate surface area is 169 Å². The van der Waals surface area contributed by atoms with Crippen LogP contribution in [0.15, 0.2) is 32.8 Å². The van der Waals surface area contributed by atoms with E-state index in [4.69, 9.17) is 14.1 Å². The molecule has 0 bridgehead atoms. The van der Waals surface area contributed by atoms with E-state index in [-0.39, 0.29) is 16.8 Å². The second kappa shape index (κ2) is 7.08. The van der Waals surface area contributed by atoms with Crippen LogP contribution in [0.25, 0.3) is 10.2 Å². The Hall–Kier alpha value is -2.06. The van der Waals surface area contributed by atoms with Gasteiger partial charge < -0.3 is 9.15 Å². The highest BCUT2D eigenvalue weighted by Gasteiger charge is 2.31. The number of thioether (sulfide) groups is 1. The average Bonchev–Trinajstić information content (AvgIpc) is 3.39. The molecule has 28 heavy (non-hydrogen) atoms. The van der Waals surface area contributed by atoms with E-state index in [2.05, 4.69) is 6.92 Å². The molecule has 146 valence electrons. The summed E-state index contributed by atoms with van der Waals surface area (Å²) >= 11 is 2.96. The fraction of sp³-hybridized carbons (Fsp3) is 0.450. The lowest BCUT2D eigenvalue weighted by atomic mass is 9.89. The zero-order chi connectivity index (χ0) is 19.3. The zero-order valence-electron chi connectivity index (χ0n) is 15.5. The predicted molar refractivity (Wildman–Crippen MR) is 108 cm³/mol. The highest BCUT2D eigenvalue weighted by Crippen LogP contribution is 2.37. The molecule has 3 aromatic heterocycles. The Bertz CT molecular complexity index is 1100. The van der Waals surface area contributed by atoms with Crippen molar-refractivity contribution in [1.82, 2.24) is 9.55 Å². The Kier molecular flexibility index (Phi) is 4.55. The number of carbonyl (C=O) groups is 1. The number of nitrogens with zero attached hydrogens (tertiary/aromatic N) is 2. The highest BCUT2D eigenvalue weighted by atomic mass is 32.2. The molecule has 0 spiro atoms. The lowest BCUT2D eigenvalue weighted by Gasteiger charge is -2.17. The topological polar surface area (TPSA) is 74.3 Å². The summed E-state index contributed by atoms with van der Waals surface area (Å²) in [6.07, 6.45) is 5.26. The van der Waals surface area contributed by atoms with Gasteiger partial charge in [-0.25, -0.2) is 4.98 Å². The molecule has 2 atom stereocenters. The van der Waals surface area contributed by atoms with Gasteiger partial charge in [0.25, 0.3) is 5.56 Å². The number of rotatable bonds is 4. The van der Waals surface area contributed by atoms with Crippen LogP contribution in [-0.4, -0.2) is 27.4 Å². The molecule has 4 heterocycles. The van der Waals surface area contributed by atoms with Crippen molar-refractivity contribution in [3.63, 3.8) is 0 Å². The first-order valence-corrected chi connectivity index (χ1v) is 11.2. The minimum atomic E-state index is -0.318. The smallest absolute Gasteiger partial charge is 0.319 e. The number of aryl methyl sites for hydroxylation is 1. The Balaban J connectivity index is 1.65. The number of esters is 1. The summed E-state index contributed by atoms with van der Waals surface area (Å²) in [6, 6.07) is 3.65. The van der Waals surface area contributed by atoms with E-state index in [9.17, 15) is 9.59 Å². The third-order valence-electron chi connectivity index (χ3n) is 5.41. The number of cyclic esters (lactones) is 1. The van der Waals surface area contributed by atoms with Crippen molar-refractivity contribution in [2.75, 3.05) is 6.61 Å². The molecule has 2 aliphatic rings. The van der Waals surface area contributed by atoms with Gasteiger partial charge in [0, 0.05) is 11.3 Å². The van der Waals surface area contributed by atoms with Gasteiger partial charge >= 0.3 is 5.97 Å². The van der Waals surface area contributed by atoms with Crippen LogP contribution in [0.5, 0.6) is 0 Å². The van der Waals surface area contributed by atoms with E-state index >= 15 is 0 Å². The molecule has 0 N–H and O–H groups in total. The zero-order valence-corrected chi connectivity index (χ0v) is 17.1. The second-order valence-corrected chi connectivity index (χ2v) is 9.71. The molecule has 6 nitrogen and oxygen atoms in total. The lowest BCUT2D eigenvalue weighted by Crippen LogP contribution is -2.25. The molecule has 3 aromatic rings. The van der Waals surface area contributed by atoms with Crippen LogP contribution in [0.1, 0.15) is 36.0 Å². The van der Waals surface area contributed by atoms with Gasteiger partial charge in [-0.2, -0.15) is 0 Å². The summed E-state index contributed by atoms with van der Waals surface area (Å²) < 4.78 is 12.2. The molecule has 0 aromatic carbocycles. The molecule has 1 aliphatic heterocycles. The maximum atomic E-state index is 13.5. The van der Waals surface area contributed by atoms with Gasteiger partial charge in [0.2, 0.25) is 0 Å². The van der Waals surface area contributed by atoms with Gasteiger partial charge in [-0.3, -0.25) is 14.2 Å². The molecule has 8 heteroatoms. The van der Waals surface area contributed by atoms with Crippen molar-refractivity contribution in [2.45, 2.75) is 49.6 Å². The number of ether oxygens (including phenoxy) is 1. The molecule has 1 aliphatic carbocycles. The Morgan fingerprint density at radius 2 is 2.25 bits per heavy atom. The SMILES string of the molecule is C[C@H]1CCc2c(sc3nc(S[C@@H]4CCOC4=O)n(Cc4ccco4)c(=O)c23)C1. The summed E-state index contributed by atoms with van der Waals surface area (Å²) in [5.41, 5.74) is 1.13. The van der Waals surface area contributed by atoms with Crippen LogP contribution in [-0.2, 0) is 28.9 Å². The van der Waals surface area contributed by atoms with Crippen LogP contribution >= 0.6 is 23.1 Å². The van der Waals surface area contributed by atoms with Crippen LogP contribution in [0.3, 0.4) is 0 Å². The molecular formula is C20H20N2O4S2. The van der Waals surface area contributed by atoms with Crippen molar-refractivity contribution in [3.05, 3.63) is 45.0 Å². The van der Waals surface area contributed by atoms with Gasteiger partial charge in [0.1, 0.15) is 15.8 Å². The standard InChI is InChI=1S/C20H20N2O4S2/c1-11-4-5-13-15(9-11)27-17-16(13)18(23)22(10-12-3-2-7-25-12)20(21-17)28-14-6-8-26-19(14)24/h2-3,7,11,14H,4-6,8-10H2,1H3/t11-,14+/m0/s1. The van der Waals surface area contributed by atoms with Crippen molar-refractivity contribution >= 4 is 39.3 Å². The number of hydrogen-bond donors (Lipinski definition) is 0. The normalized spacial score (nSPS) is 21.8. The van der Waals surface area contributed by atoms with Gasteiger partial charge in [0.05, 0.1) is 24.8 Å². The summed E-state index contributed by atoms with van der Waals surface area (Å²) in [5.74, 6) is 1.09. The fourth-order valence-corrected chi connectivity index (χ4v) is 6.39. The van der Waals surface area contributed by atoms with Gasteiger partial charge in [-0.1, -0.05) is 18.7 Å². The number of fused-ring (bicyclic) bond motifs is 3. The molecule has 1 fully saturated rings. The second-order valence-electron chi connectivity index (χ2n) is 7.46. The summed E-state index contributed by atoms with van der Waals surface area (Å²) in [4.78, 5) is 32.4. The first-order valence-electron chi connectivity index (χ1n) is 9.51. The van der Waals surface area contributed by atoms with Crippen molar-refractivity contribution < 1.29 is 13.9 Å². The molecular weight excluding hydrogens is 396 g/mol. The molecule has 0 radical (unpaired) electrons. The molecule has 1 saturated heterocycles. The van der Waals surface area contributed by atoms with E-state index in [1.165, 1.54) is 22.2 Å². The van der Waals surface area contributed by atoms with E-state index in [1.807, 2.05) is 6.07 Å². The first-order chi connectivity index (χ1) is 13.6. The molecule has 0 saturated carbocycles. The third kappa shape index (κ3) is 3.08. The van der Waals surface area contributed by atoms with Crippen LogP contribution in [0.4, 0.5) is 0 Å². The average molecular weight is 417 g/mol. The third-order valence-corrected chi connectivity index (χ3v) is 7.79. The van der Waals surface area contributed by atoms with E-state index < -0.39 is 0 Å². The maximum Gasteiger partial charge on any atom is 0.319 e. The fourth-order valence-electron chi connectivity index (χ4n) is 3.90. The largest absolute Gasteiger partial charge is 0.467 e. The highest BCUT2D eigenvalue weighted by molar-refractivity contribution is 8.00. The van der Waals surface area contributed by atoms with Gasteiger partial charge in [-0.15, -0.1) is 11.3 Å². The number of thiophene rings is 1. The monoisotopic (exact) mass is 416 g/mol. The Morgan fingerprint density at radius 1 is 1.36 bits per heavy atom.